The number of carbonyl (C=O) groups is 3. The summed E-state index contributed by atoms with van der Waals surface area (Å²) in [6.45, 7) is 2.72. The average molecular weight is 495 g/mol. The Morgan fingerprint density at radius 2 is 1.41 bits per heavy atom. The number of benzene rings is 2. The van der Waals surface area contributed by atoms with E-state index in [0.29, 0.717) is 16.1 Å². The van der Waals surface area contributed by atoms with E-state index in [1.54, 1.807) is 24.3 Å². The Morgan fingerprint density at radius 3 is 1.94 bits per heavy atom. The highest BCUT2D eigenvalue weighted by Gasteiger charge is 2.49. The molecule has 0 bridgehead atoms. The number of carboxylic acid groups (broad SMARTS) is 1. The zero-order valence-corrected chi connectivity index (χ0v) is 18.9. The predicted molar refractivity (Wildman–Crippen MR) is 116 cm³/mol. The van der Waals surface area contributed by atoms with Crippen molar-refractivity contribution in [3.63, 3.8) is 0 Å². The largest absolute Gasteiger partial charge is 0.479 e. The lowest BCUT2D eigenvalue weighted by molar-refractivity contribution is -0.289. The fourth-order valence-electron chi connectivity index (χ4n) is 3.18. The number of hydrogen-bond acceptors (Lipinski definition) is 9. The van der Waals surface area contributed by atoms with Crippen molar-refractivity contribution in [3.8, 4) is 5.75 Å². The van der Waals surface area contributed by atoms with E-state index >= 15 is 0 Å². The fraction of sp³-hybridized carbons (Fsp3) is 0.348. The number of aliphatic hydroxyl groups excluding tert-OH is 3. The molecule has 34 heavy (non-hydrogen) atoms. The number of ketones is 1. The maximum absolute atomic E-state index is 12.6. The van der Waals surface area contributed by atoms with E-state index in [4.69, 9.17) is 30.9 Å². The molecule has 1 aliphatic rings. The van der Waals surface area contributed by atoms with Crippen LogP contribution in [0.5, 0.6) is 5.75 Å². The minimum absolute atomic E-state index is 0.221. The molecule has 0 radical (unpaired) electrons. The van der Waals surface area contributed by atoms with Crippen LogP contribution in [0, 0.1) is 0 Å². The number of aliphatic hydroxyl groups is 3. The summed E-state index contributed by atoms with van der Waals surface area (Å²) in [4.78, 5) is 36.4. The van der Waals surface area contributed by atoms with Gasteiger partial charge in [-0.25, -0.2) is 9.59 Å². The lowest BCUT2D eigenvalue weighted by atomic mass is 9.99. The molecule has 10 nitrogen and oxygen atoms in total. The lowest BCUT2D eigenvalue weighted by Gasteiger charge is -2.39. The van der Waals surface area contributed by atoms with Gasteiger partial charge in [0.05, 0.1) is 0 Å². The maximum Gasteiger partial charge on any atom is 0.352 e. The summed E-state index contributed by atoms with van der Waals surface area (Å²) >= 11 is 5.84. The molecule has 0 spiro atoms. The standard InChI is InChI=1S/C23H23ClO10/c1-23(2,22(31)33-21-18(28)16(26)17(27)19(32-21)20(29)30)34-14-9-5-12(6-10-14)15(25)11-3-7-13(24)8-4-11/h3-10,16-19,21,26-28H,1-2H3,(H,29,30)/t16-,17-,18-,19?,21-/m1/s1. The van der Waals surface area contributed by atoms with Gasteiger partial charge in [-0.1, -0.05) is 11.6 Å². The molecule has 1 unspecified atom stereocenters. The first-order valence-corrected chi connectivity index (χ1v) is 10.5. The van der Waals surface area contributed by atoms with Crippen LogP contribution in [0.3, 0.4) is 0 Å². The van der Waals surface area contributed by atoms with Crippen molar-refractivity contribution in [2.75, 3.05) is 0 Å². The molecule has 5 atom stereocenters. The van der Waals surface area contributed by atoms with Crippen LogP contribution in [0.1, 0.15) is 29.8 Å². The van der Waals surface area contributed by atoms with Gasteiger partial charge in [-0.3, -0.25) is 4.79 Å². The first kappa shape index (κ1) is 25.6. The molecule has 2 aromatic rings. The highest BCUT2D eigenvalue weighted by atomic mass is 35.5. The quantitative estimate of drug-likeness (QED) is 0.325. The third-order valence-electron chi connectivity index (χ3n) is 5.12. The molecule has 11 heteroatoms. The minimum atomic E-state index is -1.92. The smallest absolute Gasteiger partial charge is 0.352 e. The van der Waals surface area contributed by atoms with Crippen LogP contribution < -0.4 is 4.74 Å². The number of hydrogen-bond donors (Lipinski definition) is 4. The zero-order chi connectivity index (χ0) is 25.2. The van der Waals surface area contributed by atoms with Crippen molar-refractivity contribution in [1.82, 2.24) is 0 Å². The van der Waals surface area contributed by atoms with Gasteiger partial charge in [-0.2, -0.15) is 0 Å². The van der Waals surface area contributed by atoms with Crippen LogP contribution in [0.15, 0.2) is 48.5 Å². The summed E-state index contributed by atoms with van der Waals surface area (Å²) in [5.74, 6) is -2.66. The van der Waals surface area contributed by atoms with Gasteiger partial charge in [0.1, 0.15) is 24.1 Å². The highest BCUT2D eigenvalue weighted by Crippen LogP contribution is 2.26. The zero-order valence-electron chi connectivity index (χ0n) is 18.1. The summed E-state index contributed by atoms with van der Waals surface area (Å²) in [5.41, 5.74) is -0.814. The topological polar surface area (TPSA) is 160 Å². The van der Waals surface area contributed by atoms with E-state index in [9.17, 15) is 29.7 Å². The maximum atomic E-state index is 12.6. The summed E-state index contributed by atoms with van der Waals surface area (Å²) < 4.78 is 15.6. The summed E-state index contributed by atoms with van der Waals surface area (Å²) in [6.07, 6.45) is -9.48. The van der Waals surface area contributed by atoms with Gasteiger partial charge in [-0.05, 0) is 62.4 Å². The van der Waals surface area contributed by atoms with E-state index in [-0.39, 0.29) is 11.5 Å². The molecule has 4 N–H and O–H groups in total. The third-order valence-corrected chi connectivity index (χ3v) is 5.38. The van der Waals surface area contributed by atoms with Crippen molar-refractivity contribution in [2.24, 2.45) is 0 Å². The number of carbonyl (C=O) groups excluding carboxylic acids is 2. The van der Waals surface area contributed by atoms with E-state index in [1.807, 2.05) is 0 Å². The van der Waals surface area contributed by atoms with Crippen molar-refractivity contribution in [3.05, 3.63) is 64.7 Å². The van der Waals surface area contributed by atoms with E-state index < -0.39 is 48.2 Å². The molecule has 1 fully saturated rings. The van der Waals surface area contributed by atoms with Crippen molar-refractivity contribution < 1.29 is 49.0 Å². The molecule has 1 aliphatic heterocycles. The van der Waals surface area contributed by atoms with E-state index in [1.165, 1.54) is 38.1 Å². The average Bonchev–Trinajstić information content (AvgIpc) is 2.79. The Balaban J connectivity index is 1.66. The second-order valence-electron chi connectivity index (χ2n) is 8.11. The van der Waals surface area contributed by atoms with Crippen molar-refractivity contribution in [2.45, 2.75) is 50.2 Å². The van der Waals surface area contributed by atoms with Gasteiger partial charge in [0, 0.05) is 16.1 Å². The predicted octanol–water partition coefficient (Wildman–Crippen LogP) is 1.16. The Kier molecular flexibility index (Phi) is 7.59. The Morgan fingerprint density at radius 1 is 0.882 bits per heavy atom. The number of aliphatic carboxylic acids is 1. The van der Waals surface area contributed by atoms with Crippen LogP contribution in [0.25, 0.3) is 0 Å². The molecule has 0 saturated carbocycles. The molecular formula is C23H23ClO10. The monoisotopic (exact) mass is 494 g/mol. The van der Waals surface area contributed by atoms with Gasteiger partial charge in [-0.15, -0.1) is 0 Å². The Labute approximate surface area is 199 Å². The van der Waals surface area contributed by atoms with E-state index in [2.05, 4.69) is 0 Å². The fourth-order valence-corrected chi connectivity index (χ4v) is 3.30. The van der Waals surface area contributed by atoms with Gasteiger partial charge < -0.3 is 34.6 Å². The van der Waals surface area contributed by atoms with E-state index in [0.717, 1.165) is 0 Å². The molecular weight excluding hydrogens is 472 g/mol. The first-order chi connectivity index (χ1) is 15.9. The van der Waals surface area contributed by atoms with Crippen LogP contribution in [-0.2, 0) is 19.1 Å². The van der Waals surface area contributed by atoms with Crippen LogP contribution in [0.4, 0.5) is 0 Å². The molecule has 3 rings (SSSR count). The van der Waals surface area contributed by atoms with Crippen LogP contribution in [0.2, 0.25) is 5.02 Å². The molecule has 182 valence electrons. The first-order valence-electron chi connectivity index (χ1n) is 10.1. The number of esters is 1. The number of carboxylic acids is 1. The molecule has 2 aromatic carbocycles. The van der Waals surface area contributed by atoms with Crippen LogP contribution >= 0.6 is 11.6 Å². The summed E-state index contributed by atoms with van der Waals surface area (Å²) in [7, 11) is 0. The number of halogens is 1. The molecule has 0 aliphatic carbocycles. The van der Waals surface area contributed by atoms with Gasteiger partial charge in [0.2, 0.25) is 6.29 Å². The third kappa shape index (κ3) is 5.54. The van der Waals surface area contributed by atoms with Crippen molar-refractivity contribution >= 4 is 29.3 Å². The van der Waals surface area contributed by atoms with Crippen LogP contribution in [-0.4, -0.2) is 74.5 Å². The second-order valence-corrected chi connectivity index (χ2v) is 8.55. The SMILES string of the molecule is CC(C)(Oc1ccc(C(=O)c2ccc(Cl)cc2)cc1)C(=O)O[C@H]1OC(C(=O)O)[C@H](O)[C@@H](O)[C@H]1O. The Hall–Kier alpha value is -3.02. The Bertz CT molecular complexity index is 1050. The number of rotatable bonds is 7. The molecule has 1 heterocycles. The molecule has 0 aromatic heterocycles. The second kappa shape index (κ2) is 10.1. The van der Waals surface area contributed by atoms with Gasteiger partial charge in [0.15, 0.2) is 17.5 Å². The minimum Gasteiger partial charge on any atom is -0.479 e. The summed E-state index contributed by atoms with van der Waals surface area (Å²) in [5, 5.41) is 39.2. The summed E-state index contributed by atoms with van der Waals surface area (Å²) in [6, 6.07) is 12.4. The molecule has 0 amide bonds. The molecule has 1 saturated heterocycles. The highest BCUT2D eigenvalue weighted by molar-refractivity contribution is 6.30. The van der Waals surface area contributed by atoms with Gasteiger partial charge >= 0.3 is 11.9 Å². The number of ether oxygens (including phenoxy) is 3. The normalized spacial score (nSPS) is 24.8. The lowest BCUT2D eigenvalue weighted by Crippen LogP contribution is -2.61. The van der Waals surface area contributed by atoms with Gasteiger partial charge in [0.25, 0.3) is 0 Å². The van der Waals surface area contributed by atoms with Crippen molar-refractivity contribution in [1.29, 1.82) is 0 Å².